The first kappa shape index (κ1) is 12.3. The maximum Gasteiger partial charge on any atom is 0.118 e. The summed E-state index contributed by atoms with van der Waals surface area (Å²) in [5.41, 5.74) is 0. The Morgan fingerprint density at radius 2 is 2.20 bits per heavy atom. The highest BCUT2D eigenvalue weighted by Crippen LogP contribution is 2.68. The molecule has 0 amide bonds. The number of ether oxygens (including phenoxy) is 1. The van der Waals surface area contributed by atoms with Crippen molar-refractivity contribution >= 4 is 56.1 Å². The van der Waals surface area contributed by atoms with Gasteiger partial charge < -0.3 is 4.74 Å². The van der Waals surface area contributed by atoms with Crippen molar-refractivity contribution in [3.8, 4) is 5.75 Å². The zero-order valence-electron chi connectivity index (χ0n) is 8.12. The van der Waals surface area contributed by atoms with Gasteiger partial charge in [-0.3, -0.25) is 0 Å². The molecule has 0 N–H and O–H groups in total. The maximum atomic E-state index is 5.16. The Bertz CT molecular complexity index is 318. The molecule has 0 aromatic heterocycles. The standard InChI is InChI=1S/C9H11OPS4/c1-10-7-2-4-8(5-3-7)11-9(14-12)6-13-15-11/h2-5,9,12H,6H2,1H3. The van der Waals surface area contributed by atoms with Crippen molar-refractivity contribution in [2.24, 2.45) is 0 Å². The fourth-order valence-electron chi connectivity index (χ4n) is 1.27. The van der Waals surface area contributed by atoms with Crippen LogP contribution in [0.5, 0.6) is 5.75 Å². The highest BCUT2D eigenvalue weighted by atomic mass is 33.3. The summed E-state index contributed by atoms with van der Waals surface area (Å²) in [5, 5.41) is 1.44. The molecule has 0 radical (unpaired) electrons. The van der Waals surface area contributed by atoms with E-state index in [1.54, 1.807) is 17.9 Å². The molecule has 1 fully saturated rings. The van der Waals surface area contributed by atoms with E-state index >= 15 is 0 Å². The molecule has 2 rings (SSSR count). The molecule has 0 aliphatic carbocycles. The molecule has 1 saturated heterocycles. The Kier molecular flexibility index (Phi) is 4.90. The number of methoxy groups -OCH3 is 1. The molecular weight excluding hydrogens is 283 g/mol. The molecule has 1 aliphatic heterocycles. The fraction of sp³-hybridized carbons (Fsp3) is 0.333. The zero-order valence-corrected chi connectivity index (χ0v) is 12.4. The summed E-state index contributed by atoms with van der Waals surface area (Å²) in [6.07, 6.45) is 0. The largest absolute Gasteiger partial charge is 0.497 e. The van der Waals surface area contributed by atoms with Crippen LogP contribution < -0.4 is 10.0 Å². The predicted molar refractivity (Wildman–Crippen MR) is 80.0 cm³/mol. The third kappa shape index (κ3) is 2.95. The minimum atomic E-state index is -0.111. The van der Waals surface area contributed by atoms with E-state index < -0.39 is 0 Å². The normalized spacial score (nSPS) is 25.5. The molecular formula is C9H11OPS4. The Balaban J connectivity index is 2.14. The zero-order chi connectivity index (χ0) is 10.7. The molecule has 2 atom stereocenters. The Hall–Kier alpha value is 0.850. The van der Waals surface area contributed by atoms with Crippen LogP contribution in [0.2, 0.25) is 0 Å². The van der Waals surface area contributed by atoms with Gasteiger partial charge in [0.1, 0.15) is 5.75 Å². The average Bonchev–Trinajstić information content (AvgIpc) is 2.77. The minimum absolute atomic E-state index is 0.111. The number of hydrogen-bond donors (Lipinski definition) is 1. The van der Waals surface area contributed by atoms with Crippen LogP contribution in [0.15, 0.2) is 24.3 Å². The second-order valence-corrected chi connectivity index (χ2v) is 10.9. The maximum absolute atomic E-state index is 5.16. The molecule has 1 aliphatic rings. The molecule has 1 nitrogen and oxygen atoms in total. The lowest BCUT2D eigenvalue weighted by atomic mass is 10.3. The third-order valence-electron chi connectivity index (χ3n) is 2.05. The summed E-state index contributed by atoms with van der Waals surface area (Å²) in [7, 11) is 7.26. The van der Waals surface area contributed by atoms with Gasteiger partial charge in [-0.05, 0) is 29.6 Å². The third-order valence-corrected chi connectivity index (χ3v) is 12.8. The van der Waals surface area contributed by atoms with Gasteiger partial charge >= 0.3 is 0 Å². The number of benzene rings is 1. The molecule has 82 valence electrons. The van der Waals surface area contributed by atoms with Crippen molar-refractivity contribution in [2.75, 3.05) is 12.9 Å². The first-order valence-electron chi connectivity index (χ1n) is 4.38. The quantitative estimate of drug-likeness (QED) is 0.512. The smallest absolute Gasteiger partial charge is 0.118 e. The van der Waals surface area contributed by atoms with Gasteiger partial charge in [0.05, 0.1) is 12.1 Å². The van der Waals surface area contributed by atoms with Gasteiger partial charge in [0.2, 0.25) is 0 Å². The molecule has 15 heavy (non-hydrogen) atoms. The highest BCUT2D eigenvalue weighted by Gasteiger charge is 2.29. The van der Waals surface area contributed by atoms with Gasteiger partial charge in [0.25, 0.3) is 0 Å². The minimum Gasteiger partial charge on any atom is -0.497 e. The van der Waals surface area contributed by atoms with Gasteiger partial charge in [-0.1, -0.05) is 32.0 Å². The predicted octanol–water partition coefficient (Wildman–Crippen LogP) is 4.02. The van der Waals surface area contributed by atoms with Crippen molar-refractivity contribution < 1.29 is 4.74 Å². The van der Waals surface area contributed by atoms with E-state index in [1.807, 2.05) is 33.3 Å². The first-order chi connectivity index (χ1) is 7.35. The summed E-state index contributed by atoms with van der Waals surface area (Å²) in [6.45, 7) is 0. The second-order valence-electron chi connectivity index (χ2n) is 2.94. The van der Waals surface area contributed by atoms with E-state index in [0.717, 1.165) is 5.75 Å². The molecule has 0 bridgehead atoms. The highest BCUT2D eigenvalue weighted by molar-refractivity contribution is 9.02. The molecule has 0 saturated carbocycles. The van der Waals surface area contributed by atoms with E-state index in [-0.39, 0.29) is 7.12 Å². The van der Waals surface area contributed by atoms with Crippen LogP contribution in [0.3, 0.4) is 0 Å². The number of rotatable bonds is 3. The summed E-state index contributed by atoms with van der Waals surface area (Å²) < 4.78 is 5.16. The van der Waals surface area contributed by atoms with Crippen LogP contribution in [-0.2, 0) is 0 Å². The Labute approximate surface area is 108 Å². The van der Waals surface area contributed by atoms with Gasteiger partial charge in [-0.15, -0.1) is 11.7 Å². The van der Waals surface area contributed by atoms with Crippen molar-refractivity contribution in [3.63, 3.8) is 0 Å². The van der Waals surface area contributed by atoms with E-state index in [4.69, 9.17) is 4.74 Å². The van der Waals surface area contributed by atoms with Crippen LogP contribution in [0.25, 0.3) is 0 Å². The molecule has 1 heterocycles. The Morgan fingerprint density at radius 3 is 2.80 bits per heavy atom. The van der Waals surface area contributed by atoms with Gasteiger partial charge in [-0.25, -0.2) is 0 Å². The van der Waals surface area contributed by atoms with Crippen LogP contribution >= 0.6 is 50.8 Å². The van der Waals surface area contributed by atoms with Crippen molar-refractivity contribution in [2.45, 2.75) is 4.99 Å². The van der Waals surface area contributed by atoms with Crippen LogP contribution in [0.1, 0.15) is 0 Å². The summed E-state index contributed by atoms with van der Waals surface area (Å²) in [5.74, 6) is 2.14. The van der Waals surface area contributed by atoms with E-state index in [0.29, 0.717) is 4.99 Å². The SMILES string of the molecule is COc1ccc(P2SSCC2SS)cc1. The summed E-state index contributed by atoms with van der Waals surface area (Å²) in [6, 6.07) is 8.45. The Morgan fingerprint density at radius 1 is 1.47 bits per heavy atom. The van der Waals surface area contributed by atoms with E-state index in [2.05, 4.69) is 23.8 Å². The molecule has 6 heteroatoms. The lowest BCUT2D eigenvalue weighted by molar-refractivity contribution is 0.415. The number of thiol groups is 1. The number of hydrogen-bond acceptors (Lipinski definition) is 5. The van der Waals surface area contributed by atoms with Crippen LogP contribution in [-0.4, -0.2) is 17.9 Å². The van der Waals surface area contributed by atoms with Gasteiger partial charge in [-0.2, -0.15) is 0 Å². The van der Waals surface area contributed by atoms with Gasteiger partial charge in [0.15, 0.2) is 0 Å². The van der Waals surface area contributed by atoms with Crippen molar-refractivity contribution in [1.82, 2.24) is 0 Å². The molecule has 1 aromatic carbocycles. The van der Waals surface area contributed by atoms with Crippen molar-refractivity contribution in [3.05, 3.63) is 24.3 Å². The van der Waals surface area contributed by atoms with E-state index in [9.17, 15) is 0 Å². The topological polar surface area (TPSA) is 9.23 Å². The van der Waals surface area contributed by atoms with Gasteiger partial charge in [0, 0.05) is 12.9 Å². The fourth-order valence-corrected chi connectivity index (χ4v) is 13.9. The summed E-state index contributed by atoms with van der Waals surface area (Å²) in [4.78, 5) is 0.673. The van der Waals surface area contributed by atoms with Crippen LogP contribution in [0, 0.1) is 0 Å². The first-order valence-corrected chi connectivity index (χ1v) is 10.6. The molecule has 1 aromatic rings. The van der Waals surface area contributed by atoms with Crippen LogP contribution in [0.4, 0.5) is 0 Å². The lowest BCUT2D eigenvalue weighted by Crippen LogP contribution is -2.05. The van der Waals surface area contributed by atoms with Crippen molar-refractivity contribution in [1.29, 1.82) is 0 Å². The summed E-state index contributed by atoms with van der Waals surface area (Å²) >= 11 is 4.35. The van der Waals surface area contributed by atoms with E-state index in [1.165, 1.54) is 11.1 Å². The second kappa shape index (κ2) is 5.97. The monoisotopic (exact) mass is 294 g/mol. The average molecular weight is 294 g/mol. The molecule has 0 spiro atoms. The lowest BCUT2D eigenvalue weighted by Gasteiger charge is -2.15. The molecule has 2 unspecified atom stereocenters.